The van der Waals surface area contributed by atoms with E-state index in [1.54, 1.807) is 20.1 Å². The van der Waals surface area contributed by atoms with E-state index < -0.39 is 0 Å². The van der Waals surface area contributed by atoms with Gasteiger partial charge >= 0.3 is 5.97 Å². The van der Waals surface area contributed by atoms with E-state index in [1.807, 2.05) is 13.8 Å². The molecule has 0 rings (SSSR count). The summed E-state index contributed by atoms with van der Waals surface area (Å²) in [6.07, 6.45) is 1.80. The lowest BCUT2D eigenvalue weighted by Gasteiger charge is -2.22. The molecule has 15 heavy (non-hydrogen) atoms. The van der Waals surface area contributed by atoms with Crippen LogP contribution >= 0.6 is 0 Å². The Morgan fingerprint density at radius 3 is 2.47 bits per heavy atom. The fourth-order valence-electron chi connectivity index (χ4n) is 0.915. The van der Waals surface area contributed by atoms with Crippen LogP contribution in [0.15, 0.2) is 11.6 Å². The Morgan fingerprint density at radius 2 is 2.00 bits per heavy atom. The summed E-state index contributed by atoms with van der Waals surface area (Å²) in [7, 11) is 3.05. The lowest BCUT2D eigenvalue weighted by Crippen LogP contribution is -2.36. The number of hydrogen-bond acceptors (Lipinski definition) is 4. The van der Waals surface area contributed by atoms with Gasteiger partial charge in [0.1, 0.15) is 0 Å². The van der Waals surface area contributed by atoms with Crippen LogP contribution < -0.4 is 5.32 Å². The third kappa shape index (κ3) is 6.25. The normalized spacial score (nSPS) is 12.7. The number of nitrogens with one attached hydrogen (secondary N) is 1. The van der Waals surface area contributed by atoms with Gasteiger partial charge in [0, 0.05) is 25.8 Å². The van der Waals surface area contributed by atoms with E-state index in [2.05, 4.69) is 10.1 Å². The molecule has 0 bridgehead atoms. The molecule has 0 aliphatic carbocycles. The van der Waals surface area contributed by atoms with Crippen LogP contribution in [0.5, 0.6) is 0 Å². The molecule has 0 aliphatic rings. The van der Waals surface area contributed by atoms with Crippen LogP contribution in [0.1, 0.15) is 20.8 Å². The fourth-order valence-corrected chi connectivity index (χ4v) is 0.915. The van der Waals surface area contributed by atoms with Crippen LogP contribution in [0.2, 0.25) is 0 Å². The Hall–Kier alpha value is -0.870. The highest BCUT2D eigenvalue weighted by molar-refractivity contribution is 5.87. The van der Waals surface area contributed by atoms with Crippen molar-refractivity contribution >= 4 is 5.97 Å². The van der Waals surface area contributed by atoms with Crippen molar-refractivity contribution in [2.24, 2.45) is 0 Å². The highest BCUT2D eigenvalue weighted by Gasteiger charge is 2.14. The second kappa shape index (κ2) is 6.58. The molecule has 0 amide bonds. The van der Waals surface area contributed by atoms with Crippen LogP contribution in [-0.2, 0) is 14.3 Å². The van der Waals surface area contributed by atoms with Gasteiger partial charge in [0.2, 0.25) is 0 Å². The molecule has 0 saturated carbocycles. The van der Waals surface area contributed by atoms with Crippen LogP contribution in [0.3, 0.4) is 0 Å². The molecular weight excluding hydrogens is 194 g/mol. The maximum absolute atomic E-state index is 11.0. The third-order valence-electron chi connectivity index (χ3n) is 2.16. The lowest BCUT2D eigenvalue weighted by molar-refractivity contribution is -0.136. The first kappa shape index (κ1) is 14.1. The molecular formula is C11H21NO3. The molecule has 0 aromatic heterocycles. The van der Waals surface area contributed by atoms with E-state index in [0.29, 0.717) is 12.1 Å². The van der Waals surface area contributed by atoms with Crippen molar-refractivity contribution in [3.05, 3.63) is 11.6 Å². The van der Waals surface area contributed by atoms with Crippen LogP contribution in [0.4, 0.5) is 0 Å². The first-order valence-corrected chi connectivity index (χ1v) is 4.94. The maximum Gasteiger partial charge on any atom is 0.333 e. The molecule has 0 heterocycles. The van der Waals surface area contributed by atoms with E-state index in [9.17, 15) is 4.79 Å². The summed E-state index contributed by atoms with van der Waals surface area (Å²) in [4.78, 5) is 11.0. The number of carbonyl (C=O) groups is 1. The molecule has 4 heteroatoms. The van der Waals surface area contributed by atoms with Gasteiger partial charge in [-0.15, -0.1) is 0 Å². The minimum Gasteiger partial charge on any atom is -0.466 e. The summed E-state index contributed by atoms with van der Waals surface area (Å²) >= 11 is 0. The molecule has 1 N–H and O–H groups in total. The van der Waals surface area contributed by atoms with Crippen LogP contribution in [0, 0.1) is 0 Å². The zero-order valence-electron chi connectivity index (χ0n) is 10.2. The van der Waals surface area contributed by atoms with Gasteiger partial charge in [0.05, 0.1) is 12.7 Å². The SMILES string of the molecule is COC(=O)C(C)=CCNCC(C)(C)OC. The van der Waals surface area contributed by atoms with Gasteiger partial charge in [-0.2, -0.15) is 0 Å². The van der Waals surface area contributed by atoms with Crippen molar-refractivity contribution in [2.45, 2.75) is 26.4 Å². The topological polar surface area (TPSA) is 47.6 Å². The summed E-state index contributed by atoms with van der Waals surface area (Å²) in [6, 6.07) is 0. The van der Waals surface area contributed by atoms with E-state index in [-0.39, 0.29) is 11.6 Å². The van der Waals surface area contributed by atoms with Gasteiger partial charge in [-0.3, -0.25) is 0 Å². The molecule has 88 valence electrons. The van der Waals surface area contributed by atoms with E-state index in [0.717, 1.165) is 6.54 Å². The first-order valence-electron chi connectivity index (χ1n) is 4.94. The number of rotatable bonds is 6. The van der Waals surface area contributed by atoms with Crippen molar-refractivity contribution in [3.8, 4) is 0 Å². The van der Waals surface area contributed by atoms with Crippen LogP contribution in [-0.4, -0.2) is 38.9 Å². The quantitative estimate of drug-likeness (QED) is 0.410. The van der Waals surface area contributed by atoms with Crippen LogP contribution in [0.25, 0.3) is 0 Å². The Balaban J connectivity index is 3.84. The molecule has 0 aliphatic heterocycles. The molecule has 0 unspecified atom stereocenters. The number of esters is 1. The van der Waals surface area contributed by atoms with Gasteiger partial charge in [-0.1, -0.05) is 6.08 Å². The molecule has 0 aromatic rings. The summed E-state index contributed by atoms with van der Waals surface area (Å²) in [5.74, 6) is -0.289. The van der Waals surface area contributed by atoms with Gasteiger partial charge < -0.3 is 14.8 Å². The molecule has 0 fully saturated rings. The Labute approximate surface area is 91.6 Å². The fraction of sp³-hybridized carbons (Fsp3) is 0.727. The van der Waals surface area contributed by atoms with E-state index in [4.69, 9.17) is 4.74 Å². The molecule has 0 radical (unpaired) electrons. The molecule has 0 spiro atoms. The minimum absolute atomic E-state index is 0.187. The van der Waals surface area contributed by atoms with Crippen molar-refractivity contribution in [1.29, 1.82) is 0 Å². The summed E-state index contributed by atoms with van der Waals surface area (Å²) in [5.41, 5.74) is 0.424. The standard InChI is InChI=1S/C11H21NO3/c1-9(10(13)14-4)6-7-12-8-11(2,3)15-5/h6,12H,7-8H2,1-5H3. The smallest absolute Gasteiger partial charge is 0.333 e. The maximum atomic E-state index is 11.0. The zero-order valence-corrected chi connectivity index (χ0v) is 10.2. The average molecular weight is 215 g/mol. The van der Waals surface area contributed by atoms with E-state index >= 15 is 0 Å². The number of methoxy groups -OCH3 is 2. The van der Waals surface area contributed by atoms with Crippen molar-refractivity contribution in [1.82, 2.24) is 5.32 Å². The predicted octanol–water partition coefficient (Wildman–Crippen LogP) is 1.12. The average Bonchev–Trinajstić information content (AvgIpc) is 2.22. The second-order valence-electron chi connectivity index (χ2n) is 3.97. The lowest BCUT2D eigenvalue weighted by atomic mass is 10.1. The number of hydrogen-bond donors (Lipinski definition) is 1. The van der Waals surface area contributed by atoms with Gasteiger partial charge in [0.15, 0.2) is 0 Å². The molecule has 0 aromatic carbocycles. The largest absolute Gasteiger partial charge is 0.466 e. The van der Waals surface area contributed by atoms with Gasteiger partial charge in [-0.25, -0.2) is 4.79 Å². The van der Waals surface area contributed by atoms with Gasteiger partial charge in [-0.05, 0) is 20.8 Å². The molecule has 4 nitrogen and oxygen atoms in total. The zero-order chi connectivity index (χ0) is 11.9. The predicted molar refractivity (Wildman–Crippen MR) is 59.7 cm³/mol. The monoisotopic (exact) mass is 215 g/mol. The summed E-state index contributed by atoms with van der Waals surface area (Å²) in [6.45, 7) is 7.09. The molecule has 0 atom stereocenters. The third-order valence-corrected chi connectivity index (χ3v) is 2.16. The Kier molecular flexibility index (Phi) is 6.20. The molecule has 0 saturated heterocycles. The van der Waals surface area contributed by atoms with Crippen molar-refractivity contribution in [3.63, 3.8) is 0 Å². The summed E-state index contributed by atoms with van der Waals surface area (Å²) in [5, 5.41) is 3.18. The van der Waals surface area contributed by atoms with Crippen molar-refractivity contribution in [2.75, 3.05) is 27.3 Å². The second-order valence-corrected chi connectivity index (χ2v) is 3.97. The summed E-state index contributed by atoms with van der Waals surface area (Å²) < 4.78 is 9.81. The highest BCUT2D eigenvalue weighted by atomic mass is 16.5. The van der Waals surface area contributed by atoms with E-state index in [1.165, 1.54) is 7.11 Å². The van der Waals surface area contributed by atoms with Crippen molar-refractivity contribution < 1.29 is 14.3 Å². The Bertz CT molecular complexity index is 234. The number of carbonyl (C=O) groups excluding carboxylic acids is 1. The van der Waals surface area contributed by atoms with Gasteiger partial charge in [0.25, 0.3) is 0 Å². The minimum atomic E-state index is -0.289. The highest BCUT2D eigenvalue weighted by Crippen LogP contribution is 2.04. The Morgan fingerprint density at radius 1 is 1.40 bits per heavy atom. The first-order chi connectivity index (χ1) is 6.93. The number of ether oxygens (including phenoxy) is 2.